The Morgan fingerprint density at radius 3 is 1.94 bits per heavy atom. The molecule has 5 N–H and O–H groups in total. The summed E-state index contributed by atoms with van der Waals surface area (Å²) in [4.78, 5) is 24.3. The minimum absolute atomic E-state index is 0.141. The van der Waals surface area contributed by atoms with E-state index in [4.69, 9.17) is 10.9 Å². The molecule has 6 nitrogen and oxygen atoms in total. The van der Waals surface area contributed by atoms with Gasteiger partial charge in [-0.2, -0.15) is 0 Å². The van der Waals surface area contributed by atoms with Crippen molar-refractivity contribution in [2.24, 2.45) is 11.1 Å². The lowest BCUT2D eigenvalue weighted by atomic mass is 9.84. The molecule has 2 rings (SSSR count). The predicted octanol–water partition coefficient (Wildman–Crippen LogP) is 2.44. The molecular formula is C24H23F2N3O3. The number of benzene rings is 2. The topological polar surface area (TPSA) is 104 Å². The minimum Gasteiger partial charge on any atom is -0.339 e. The Balaban J connectivity index is 2.08. The molecule has 0 aliphatic carbocycles. The summed E-state index contributed by atoms with van der Waals surface area (Å²) in [6.07, 6.45) is -2.91. The molecule has 32 heavy (non-hydrogen) atoms. The van der Waals surface area contributed by atoms with Gasteiger partial charge in [0.1, 0.15) is 6.04 Å². The van der Waals surface area contributed by atoms with Crippen molar-refractivity contribution < 1.29 is 23.6 Å². The molecule has 2 amide bonds. The van der Waals surface area contributed by atoms with Crippen LogP contribution in [0.5, 0.6) is 0 Å². The number of carbonyl (C=O) groups is 2. The van der Waals surface area contributed by atoms with Crippen LogP contribution in [0.25, 0.3) is 0 Å². The quantitative estimate of drug-likeness (QED) is 0.315. The molecular weight excluding hydrogens is 416 g/mol. The van der Waals surface area contributed by atoms with Crippen molar-refractivity contribution >= 4 is 11.8 Å². The maximum Gasteiger partial charge on any atom is 0.266 e. The van der Waals surface area contributed by atoms with Gasteiger partial charge in [0.2, 0.25) is 6.43 Å². The van der Waals surface area contributed by atoms with Crippen LogP contribution < -0.4 is 16.5 Å². The molecule has 0 aliphatic heterocycles. The standard InChI is InChI=1S/C24H23F2N3O3/c1-24(2,23(25)26)20(22(31)29-32)28-21(30)19-13-11-17(12-14-19)6-4-3-5-16-7-9-18(15-27)10-8-16/h7-14,20,23,32H,15,27H2,1-2H3,(H,28,30)(H,29,31)/t20-/m1/s1. The molecule has 0 saturated heterocycles. The maximum atomic E-state index is 13.3. The number of hydroxylamine groups is 1. The highest BCUT2D eigenvalue weighted by molar-refractivity contribution is 5.97. The molecule has 166 valence electrons. The van der Waals surface area contributed by atoms with Crippen LogP contribution in [-0.2, 0) is 11.3 Å². The highest BCUT2D eigenvalue weighted by Crippen LogP contribution is 2.29. The predicted molar refractivity (Wildman–Crippen MR) is 115 cm³/mol. The first-order valence-corrected chi connectivity index (χ1v) is 9.63. The van der Waals surface area contributed by atoms with Crippen molar-refractivity contribution in [3.05, 3.63) is 70.8 Å². The fourth-order valence-electron chi connectivity index (χ4n) is 2.63. The van der Waals surface area contributed by atoms with Gasteiger partial charge in [-0.1, -0.05) is 37.8 Å². The molecule has 0 saturated carbocycles. The Morgan fingerprint density at radius 2 is 1.50 bits per heavy atom. The summed E-state index contributed by atoms with van der Waals surface area (Å²) in [7, 11) is 0. The van der Waals surface area contributed by atoms with Gasteiger partial charge >= 0.3 is 0 Å². The van der Waals surface area contributed by atoms with Gasteiger partial charge in [0.25, 0.3) is 11.8 Å². The minimum atomic E-state index is -2.91. The molecule has 0 aliphatic rings. The molecule has 0 radical (unpaired) electrons. The molecule has 0 fully saturated rings. The molecule has 2 aromatic carbocycles. The second kappa shape index (κ2) is 11.1. The largest absolute Gasteiger partial charge is 0.339 e. The molecule has 0 heterocycles. The number of halogens is 2. The molecule has 8 heteroatoms. The van der Waals surface area contributed by atoms with Gasteiger partial charge in [0.15, 0.2) is 0 Å². The van der Waals surface area contributed by atoms with Crippen LogP contribution in [0.15, 0.2) is 48.5 Å². The third-order valence-corrected chi connectivity index (χ3v) is 4.77. The number of hydrogen-bond acceptors (Lipinski definition) is 4. The Morgan fingerprint density at radius 1 is 1.00 bits per heavy atom. The van der Waals surface area contributed by atoms with Gasteiger partial charge in [-0.05, 0) is 53.8 Å². The highest BCUT2D eigenvalue weighted by atomic mass is 19.3. The van der Waals surface area contributed by atoms with Crippen molar-refractivity contribution in [3.63, 3.8) is 0 Å². The SMILES string of the molecule is CC(C)(C(F)F)[C@H](NC(=O)c1ccc(C#CC#Cc2ccc(CN)cc2)cc1)C(=O)NO. The molecule has 0 aromatic heterocycles. The summed E-state index contributed by atoms with van der Waals surface area (Å²) >= 11 is 0. The van der Waals surface area contributed by atoms with E-state index in [2.05, 4.69) is 29.0 Å². The summed E-state index contributed by atoms with van der Waals surface area (Å²) in [5.41, 5.74) is 7.50. The molecule has 1 atom stereocenters. The fraction of sp³-hybridized carbons (Fsp3) is 0.250. The summed E-state index contributed by atoms with van der Waals surface area (Å²) in [6, 6.07) is 11.9. The van der Waals surface area contributed by atoms with Crippen LogP contribution >= 0.6 is 0 Å². The Bertz CT molecular complexity index is 1070. The van der Waals surface area contributed by atoms with Crippen LogP contribution in [0, 0.1) is 29.1 Å². The van der Waals surface area contributed by atoms with Crippen molar-refractivity contribution in [2.45, 2.75) is 32.9 Å². The number of carbonyl (C=O) groups excluding carboxylic acids is 2. The number of hydrogen-bond donors (Lipinski definition) is 4. The van der Waals surface area contributed by atoms with Crippen LogP contribution in [0.1, 0.15) is 40.9 Å². The van der Waals surface area contributed by atoms with Gasteiger partial charge in [-0.3, -0.25) is 14.8 Å². The zero-order valence-corrected chi connectivity index (χ0v) is 17.6. The van der Waals surface area contributed by atoms with E-state index >= 15 is 0 Å². The van der Waals surface area contributed by atoms with Crippen LogP contribution in [0.3, 0.4) is 0 Å². The van der Waals surface area contributed by atoms with E-state index in [1.165, 1.54) is 17.6 Å². The molecule has 0 unspecified atom stereocenters. The summed E-state index contributed by atoms with van der Waals surface area (Å²) in [5.74, 6) is 9.32. The Hall–Kier alpha value is -3.72. The van der Waals surface area contributed by atoms with Crippen molar-refractivity contribution in [1.82, 2.24) is 10.8 Å². The van der Waals surface area contributed by atoms with E-state index in [0.29, 0.717) is 12.1 Å². The Labute approximate surface area is 185 Å². The van der Waals surface area contributed by atoms with Crippen molar-refractivity contribution in [2.75, 3.05) is 0 Å². The van der Waals surface area contributed by atoms with Gasteiger partial charge < -0.3 is 11.1 Å². The summed E-state index contributed by atoms with van der Waals surface area (Å²) < 4.78 is 26.6. The normalized spacial score (nSPS) is 11.5. The van der Waals surface area contributed by atoms with E-state index in [1.807, 2.05) is 24.3 Å². The van der Waals surface area contributed by atoms with Crippen LogP contribution in [0.4, 0.5) is 8.78 Å². The number of nitrogens with two attached hydrogens (primary N) is 1. The third-order valence-electron chi connectivity index (χ3n) is 4.77. The first-order valence-electron chi connectivity index (χ1n) is 9.63. The third kappa shape index (κ3) is 6.39. The van der Waals surface area contributed by atoms with E-state index in [9.17, 15) is 18.4 Å². The Kier molecular flexibility index (Phi) is 8.48. The van der Waals surface area contributed by atoms with Gasteiger partial charge in [0.05, 0.1) is 5.41 Å². The molecule has 2 aromatic rings. The summed E-state index contributed by atoms with van der Waals surface area (Å²) in [5, 5.41) is 11.1. The smallest absolute Gasteiger partial charge is 0.266 e. The monoisotopic (exact) mass is 439 g/mol. The van der Waals surface area contributed by atoms with Crippen LogP contribution in [-0.4, -0.2) is 29.5 Å². The van der Waals surface area contributed by atoms with Gasteiger partial charge in [0, 0.05) is 23.2 Å². The average Bonchev–Trinajstić information content (AvgIpc) is 2.80. The fourth-order valence-corrected chi connectivity index (χ4v) is 2.63. The van der Waals surface area contributed by atoms with E-state index in [1.54, 1.807) is 12.1 Å². The van der Waals surface area contributed by atoms with E-state index in [-0.39, 0.29) is 5.56 Å². The lowest BCUT2D eigenvalue weighted by Crippen LogP contribution is -2.56. The average molecular weight is 439 g/mol. The van der Waals surface area contributed by atoms with Gasteiger partial charge in [-0.25, -0.2) is 14.3 Å². The first-order chi connectivity index (χ1) is 15.2. The highest BCUT2D eigenvalue weighted by Gasteiger charge is 2.43. The van der Waals surface area contributed by atoms with Gasteiger partial charge in [-0.15, -0.1) is 0 Å². The van der Waals surface area contributed by atoms with Crippen molar-refractivity contribution in [3.8, 4) is 23.7 Å². The number of alkyl halides is 2. The van der Waals surface area contributed by atoms with Crippen LogP contribution in [0.2, 0.25) is 0 Å². The maximum absolute atomic E-state index is 13.3. The van der Waals surface area contributed by atoms with E-state index in [0.717, 1.165) is 25.0 Å². The zero-order valence-electron chi connectivity index (χ0n) is 17.6. The van der Waals surface area contributed by atoms with Crippen molar-refractivity contribution in [1.29, 1.82) is 0 Å². The molecule has 0 spiro atoms. The number of amides is 2. The molecule has 0 bridgehead atoms. The second-order valence-electron chi connectivity index (χ2n) is 7.48. The summed E-state index contributed by atoms with van der Waals surface area (Å²) in [6.45, 7) is 2.69. The van der Waals surface area contributed by atoms with E-state index < -0.39 is 29.7 Å². The number of nitrogens with one attached hydrogen (secondary N) is 2. The lowest BCUT2D eigenvalue weighted by Gasteiger charge is -2.32. The zero-order chi connectivity index (χ0) is 23.7. The lowest BCUT2D eigenvalue weighted by molar-refractivity contribution is -0.137. The second-order valence-corrected chi connectivity index (χ2v) is 7.48. The first kappa shape index (κ1) is 24.5. The number of rotatable bonds is 6.